The lowest BCUT2D eigenvalue weighted by Gasteiger charge is -2.18. The second-order valence-electron chi connectivity index (χ2n) is 3.68. The average Bonchev–Trinajstić information content (AvgIpc) is 2.84. The van der Waals surface area contributed by atoms with E-state index < -0.39 is 5.97 Å². The Morgan fingerprint density at radius 3 is 2.89 bits per heavy atom. The molecule has 1 aromatic heterocycles. The lowest BCUT2D eigenvalue weighted by atomic mass is 10.3. The molecule has 3 N–H and O–H groups in total. The van der Waals surface area contributed by atoms with E-state index in [9.17, 15) is 9.59 Å². The molecule has 0 bridgehead atoms. The average molecular weight is 255 g/mol. The van der Waals surface area contributed by atoms with Gasteiger partial charge in [0.05, 0.1) is 0 Å². The highest BCUT2D eigenvalue weighted by molar-refractivity contribution is 5.79. The topological polar surface area (TPSA) is 111 Å². The van der Waals surface area contributed by atoms with Gasteiger partial charge in [-0.3, -0.25) is 9.89 Å². The van der Waals surface area contributed by atoms with Crippen molar-refractivity contribution in [3.05, 3.63) is 12.2 Å². The quantitative estimate of drug-likeness (QED) is 0.587. The predicted molar refractivity (Wildman–Crippen MR) is 63.0 cm³/mol. The Hall–Kier alpha value is -2.12. The maximum absolute atomic E-state index is 11.6. The molecule has 0 spiro atoms. The van der Waals surface area contributed by atoms with Crippen LogP contribution >= 0.6 is 0 Å². The highest BCUT2D eigenvalue weighted by atomic mass is 16.4. The van der Waals surface area contributed by atoms with E-state index in [1.54, 1.807) is 6.92 Å². The summed E-state index contributed by atoms with van der Waals surface area (Å²) >= 11 is 0. The molecule has 2 amide bonds. The molecule has 1 aromatic rings. The molecule has 0 aromatic carbocycles. The summed E-state index contributed by atoms with van der Waals surface area (Å²) in [5.41, 5.74) is 0. The Morgan fingerprint density at radius 1 is 1.56 bits per heavy atom. The SMILES string of the molecule is CCN(CC(=O)O)C(=O)NCCCc1ncn[nH]1. The van der Waals surface area contributed by atoms with Gasteiger partial charge in [-0.15, -0.1) is 0 Å². The van der Waals surface area contributed by atoms with Crippen molar-refractivity contribution in [3.63, 3.8) is 0 Å². The van der Waals surface area contributed by atoms with Crippen LogP contribution in [0.1, 0.15) is 19.2 Å². The number of hydrogen-bond acceptors (Lipinski definition) is 4. The van der Waals surface area contributed by atoms with Crippen LogP contribution in [0, 0.1) is 0 Å². The molecule has 0 saturated carbocycles. The first-order valence-corrected chi connectivity index (χ1v) is 5.72. The van der Waals surface area contributed by atoms with E-state index in [1.165, 1.54) is 11.2 Å². The van der Waals surface area contributed by atoms with Crippen molar-refractivity contribution in [2.75, 3.05) is 19.6 Å². The van der Waals surface area contributed by atoms with Crippen molar-refractivity contribution in [2.45, 2.75) is 19.8 Å². The summed E-state index contributed by atoms with van der Waals surface area (Å²) in [6, 6.07) is -0.363. The Kier molecular flexibility index (Phi) is 5.62. The molecule has 0 aliphatic rings. The van der Waals surface area contributed by atoms with Crippen molar-refractivity contribution in [1.82, 2.24) is 25.4 Å². The van der Waals surface area contributed by atoms with Gasteiger partial charge in [0.25, 0.3) is 0 Å². The number of carbonyl (C=O) groups excluding carboxylic acids is 1. The number of carbonyl (C=O) groups is 2. The summed E-state index contributed by atoms with van der Waals surface area (Å²) in [7, 11) is 0. The smallest absolute Gasteiger partial charge is 0.323 e. The van der Waals surface area contributed by atoms with Gasteiger partial charge in [0.2, 0.25) is 0 Å². The van der Waals surface area contributed by atoms with Gasteiger partial charge < -0.3 is 15.3 Å². The van der Waals surface area contributed by atoms with Gasteiger partial charge >= 0.3 is 12.0 Å². The molecule has 0 radical (unpaired) electrons. The van der Waals surface area contributed by atoms with Crippen LogP contribution in [0.2, 0.25) is 0 Å². The van der Waals surface area contributed by atoms with E-state index in [1.807, 2.05) is 0 Å². The summed E-state index contributed by atoms with van der Waals surface area (Å²) < 4.78 is 0. The number of hydrogen-bond donors (Lipinski definition) is 3. The zero-order valence-electron chi connectivity index (χ0n) is 10.2. The van der Waals surface area contributed by atoms with Gasteiger partial charge in [0.15, 0.2) is 0 Å². The fourth-order valence-corrected chi connectivity index (χ4v) is 1.40. The fraction of sp³-hybridized carbons (Fsp3) is 0.600. The van der Waals surface area contributed by atoms with Gasteiger partial charge in [-0.1, -0.05) is 0 Å². The van der Waals surface area contributed by atoms with Crippen LogP contribution in [0.25, 0.3) is 0 Å². The summed E-state index contributed by atoms with van der Waals surface area (Å²) in [6.07, 6.45) is 2.83. The molecule has 0 fully saturated rings. The van der Waals surface area contributed by atoms with E-state index in [2.05, 4.69) is 20.5 Å². The summed E-state index contributed by atoms with van der Waals surface area (Å²) in [4.78, 5) is 27.3. The number of aryl methyl sites for hydroxylation is 1. The lowest BCUT2D eigenvalue weighted by molar-refractivity contribution is -0.137. The first-order chi connectivity index (χ1) is 8.63. The first-order valence-electron chi connectivity index (χ1n) is 5.72. The van der Waals surface area contributed by atoms with Crippen molar-refractivity contribution in [3.8, 4) is 0 Å². The normalized spacial score (nSPS) is 10.1. The molecule has 100 valence electrons. The molecule has 1 heterocycles. The summed E-state index contributed by atoms with van der Waals surface area (Å²) in [5.74, 6) is -0.254. The third kappa shape index (κ3) is 4.81. The van der Waals surface area contributed by atoms with E-state index in [0.29, 0.717) is 25.9 Å². The molecule has 0 aliphatic carbocycles. The zero-order valence-corrected chi connectivity index (χ0v) is 10.2. The number of nitrogens with zero attached hydrogens (tertiary/aromatic N) is 3. The molecule has 0 aliphatic heterocycles. The molecule has 8 nitrogen and oxygen atoms in total. The molecule has 0 saturated heterocycles. The zero-order chi connectivity index (χ0) is 13.4. The number of likely N-dealkylation sites (N-methyl/N-ethyl adjacent to an activating group) is 1. The number of nitrogens with one attached hydrogen (secondary N) is 2. The lowest BCUT2D eigenvalue weighted by Crippen LogP contribution is -2.42. The number of amides is 2. The molecule has 1 rings (SSSR count). The van der Waals surface area contributed by atoms with Crippen LogP contribution in [-0.4, -0.2) is 56.8 Å². The number of carboxylic acid groups (broad SMARTS) is 1. The van der Waals surface area contributed by atoms with E-state index in [0.717, 1.165) is 5.82 Å². The first kappa shape index (κ1) is 13.9. The molecule has 18 heavy (non-hydrogen) atoms. The third-order valence-corrected chi connectivity index (χ3v) is 2.33. The van der Waals surface area contributed by atoms with Crippen molar-refractivity contribution in [1.29, 1.82) is 0 Å². The van der Waals surface area contributed by atoms with Crippen LogP contribution in [0.4, 0.5) is 4.79 Å². The van der Waals surface area contributed by atoms with E-state index in [4.69, 9.17) is 5.11 Å². The van der Waals surface area contributed by atoms with Crippen LogP contribution in [-0.2, 0) is 11.2 Å². The van der Waals surface area contributed by atoms with Gasteiger partial charge in [0, 0.05) is 19.5 Å². The second kappa shape index (κ2) is 7.25. The predicted octanol–water partition coefficient (Wildman–Crippen LogP) is -0.147. The van der Waals surface area contributed by atoms with Gasteiger partial charge in [-0.2, -0.15) is 5.10 Å². The van der Waals surface area contributed by atoms with E-state index >= 15 is 0 Å². The Bertz CT molecular complexity index is 379. The molecular formula is C10H17N5O3. The minimum atomic E-state index is -1.02. The molecule has 0 atom stereocenters. The maximum atomic E-state index is 11.6. The van der Waals surface area contributed by atoms with Crippen molar-refractivity contribution >= 4 is 12.0 Å². The number of aromatic amines is 1. The number of urea groups is 1. The Morgan fingerprint density at radius 2 is 2.33 bits per heavy atom. The number of aromatic nitrogens is 3. The standard InChI is InChI=1S/C10H17N5O3/c1-2-15(6-9(16)17)10(18)11-5-3-4-8-12-7-13-14-8/h7H,2-6H2,1H3,(H,11,18)(H,16,17)(H,12,13,14). The van der Waals surface area contributed by atoms with Gasteiger partial charge in [-0.25, -0.2) is 9.78 Å². The van der Waals surface area contributed by atoms with Crippen LogP contribution < -0.4 is 5.32 Å². The number of H-pyrrole nitrogens is 1. The van der Waals surface area contributed by atoms with Crippen LogP contribution in [0.15, 0.2) is 6.33 Å². The second-order valence-corrected chi connectivity index (χ2v) is 3.68. The largest absolute Gasteiger partial charge is 0.480 e. The summed E-state index contributed by atoms with van der Waals surface area (Å²) in [6.45, 7) is 2.28. The number of rotatable bonds is 7. The monoisotopic (exact) mass is 255 g/mol. The Balaban J connectivity index is 2.21. The number of carboxylic acids is 1. The van der Waals surface area contributed by atoms with Crippen molar-refractivity contribution in [2.24, 2.45) is 0 Å². The van der Waals surface area contributed by atoms with Gasteiger partial charge in [0.1, 0.15) is 18.7 Å². The van der Waals surface area contributed by atoms with Crippen LogP contribution in [0.5, 0.6) is 0 Å². The highest BCUT2D eigenvalue weighted by Gasteiger charge is 2.13. The minimum absolute atomic E-state index is 0.287. The molecule has 0 unspecified atom stereocenters. The highest BCUT2D eigenvalue weighted by Crippen LogP contribution is 1.93. The number of aliphatic carboxylic acids is 1. The minimum Gasteiger partial charge on any atom is -0.480 e. The fourth-order valence-electron chi connectivity index (χ4n) is 1.40. The van der Waals surface area contributed by atoms with E-state index in [-0.39, 0.29) is 12.6 Å². The molecular weight excluding hydrogens is 238 g/mol. The third-order valence-electron chi connectivity index (χ3n) is 2.33. The molecule has 8 heteroatoms. The van der Waals surface area contributed by atoms with Gasteiger partial charge in [-0.05, 0) is 13.3 Å². The van der Waals surface area contributed by atoms with Crippen molar-refractivity contribution < 1.29 is 14.7 Å². The maximum Gasteiger partial charge on any atom is 0.323 e. The van der Waals surface area contributed by atoms with Crippen LogP contribution in [0.3, 0.4) is 0 Å². The summed E-state index contributed by atoms with van der Waals surface area (Å²) in [5, 5.41) is 17.7. The Labute approximate surface area is 104 Å².